The lowest BCUT2D eigenvalue weighted by molar-refractivity contribution is 0.0429. The second-order valence-electron chi connectivity index (χ2n) is 11.0. The van der Waals surface area contributed by atoms with Gasteiger partial charge in [-0.15, -0.1) is 0 Å². The summed E-state index contributed by atoms with van der Waals surface area (Å²) in [6.45, 7) is 16.1. The van der Waals surface area contributed by atoms with Gasteiger partial charge in [0.2, 0.25) is 0 Å². The Labute approximate surface area is 243 Å². The van der Waals surface area contributed by atoms with Crippen molar-refractivity contribution in [2.24, 2.45) is 0 Å². The van der Waals surface area contributed by atoms with Crippen LogP contribution in [0.4, 0.5) is 0 Å². The number of carbonyl (C=O) groups excluding carboxylic acids is 2. The summed E-state index contributed by atoms with van der Waals surface area (Å²) in [5.41, 5.74) is 4.74. The van der Waals surface area contributed by atoms with E-state index in [0.717, 1.165) is 32.1 Å². The number of methoxy groups -OCH3 is 2. The van der Waals surface area contributed by atoms with E-state index in [9.17, 15) is 14.7 Å². The van der Waals surface area contributed by atoms with Gasteiger partial charge in [-0.2, -0.15) is 0 Å². The molecule has 0 aromatic heterocycles. The van der Waals surface area contributed by atoms with Crippen LogP contribution in [0.15, 0.2) is 58.2 Å². The smallest absolute Gasteiger partial charge is 0.190 e. The van der Waals surface area contributed by atoms with E-state index in [0.29, 0.717) is 53.0 Å². The number of ketones is 2. The maximum atomic E-state index is 13.3. The van der Waals surface area contributed by atoms with E-state index in [2.05, 4.69) is 45.9 Å². The normalized spacial score (nSPS) is 15.2. The van der Waals surface area contributed by atoms with Gasteiger partial charge in [-0.25, -0.2) is 0 Å². The highest BCUT2D eigenvalue weighted by Crippen LogP contribution is 2.37. The SMILES string of the molecule is CC.COc1cc2c(cc1OC)C(=O)C(CCC(C)(O)CC/C=C(\C)CC/C=C(\C)CCC=C(C)C)=C(C)C2=O. The van der Waals surface area contributed by atoms with Crippen LogP contribution >= 0.6 is 0 Å². The van der Waals surface area contributed by atoms with Crippen LogP contribution in [0.25, 0.3) is 0 Å². The zero-order valence-electron chi connectivity index (χ0n) is 26.6. The zero-order chi connectivity index (χ0) is 30.5. The predicted molar refractivity (Wildman–Crippen MR) is 167 cm³/mol. The summed E-state index contributed by atoms with van der Waals surface area (Å²) >= 11 is 0. The van der Waals surface area contributed by atoms with Gasteiger partial charge in [-0.3, -0.25) is 9.59 Å². The molecule has 1 unspecified atom stereocenters. The molecule has 0 saturated heterocycles. The maximum Gasteiger partial charge on any atom is 0.190 e. The number of carbonyl (C=O) groups is 2. The van der Waals surface area contributed by atoms with Crippen LogP contribution in [0, 0.1) is 0 Å². The average molecular weight is 553 g/mol. The Bertz CT molecular complexity index is 1140. The first-order valence-electron chi connectivity index (χ1n) is 14.6. The summed E-state index contributed by atoms with van der Waals surface area (Å²) in [6, 6.07) is 3.15. The number of benzene rings is 1. The summed E-state index contributed by atoms with van der Waals surface area (Å²) in [4.78, 5) is 26.3. The van der Waals surface area contributed by atoms with Gasteiger partial charge in [-0.1, -0.05) is 48.8 Å². The van der Waals surface area contributed by atoms with E-state index in [4.69, 9.17) is 9.47 Å². The third-order valence-corrected chi connectivity index (χ3v) is 7.29. The van der Waals surface area contributed by atoms with Crippen LogP contribution in [0.3, 0.4) is 0 Å². The average Bonchev–Trinajstić information content (AvgIpc) is 2.91. The molecule has 1 N–H and O–H groups in total. The van der Waals surface area contributed by atoms with E-state index in [1.54, 1.807) is 19.1 Å². The van der Waals surface area contributed by atoms with Crippen molar-refractivity contribution in [1.29, 1.82) is 0 Å². The van der Waals surface area contributed by atoms with Crippen molar-refractivity contribution in [2.45, 2.75) is 112 Å². The summed E-state index contributed by atoms with van der Waals surface area (Å²) in [7, 11) is 3.00. The van der Waals surface area contributed by atoms with Gasteiger partial charge in [0.25, 0.3) is 0 Å². The van der Waals surface area contributed by atoms with Gasteiger partial charge < -0.3 is 14.6 Å². The van der Waals surface area contributed by atoms with Gasteiger partial charge in [-0.05, 0) is 105 Å². The number of allylic oxidation sites excluding steroid dienone is 8. The molecular weight excluding hydrogens is 500 g/mol. The molecule has 5 nitrogen and oxygen atoms in total. The van der Waals surface area contributed by atoms with Crippen molar-refractivity contribution in [1.82, 2.24) is 0 Å². The van der Waals surface area contributed by atoms with E-state index < -0.39 is 5.60 Å². The molecule has 40 heavy (non-hydrogen) atoms. The number of ether oxygens (including phenoxy) is 2. The molecule has 0 bridgehead atoms. The lowest BCUT2D eigenvalue weighted by Crippen LogP contribution is -2.27. The van der Waals surface area contributed by atoms with Gasteiger partial charge >= 0.3 is 0 Å². The fourth-order valence-electron chi connectivity index (χ4n) is 4.72. The predicted octanol–water partition coefficient (Wildman–Crippen LogP) is 9.16. The number of fused-ring (bicyclic) bond motifs is 1. The van der Waals surface area contributed by atoms with Gasteiger partial charge in [0, 0.05) is 22.3 Å². The summed E-state index contributed by atoms with van der Waals surface area (Å²) < 4.78 is 10.6. The molecular formula is C35H52O5. The number of rotatable bonds is 14. The molecule has 2 rings (SSSR count). The Morgan fingerprint density at radius 3 is 1.77 bits per heavy atom. The largest absolute Gasteiger partial charge is 0.493 e. The molecule has 1 aliphatic rings. The summed E-state index contributed by atoms with van der Waals surface area (Å²) in [5, 5.41) is 11.0. The van der Waals surface area contributed by atoms with Crippen molar-refractivity contribution < 1.29 is 24.2 Å². The van der Waals surface area contributed by atoms with Crippen LogP contribution in [0.5, 0.6) is 11.5 Å². The van der Waals surface area contributed by atoms with Crippen LogP contribution in [-0.4, -0.2) is 36.5 Å². The van der Waals surface area contributed by atoms with Gasteiger partial charge in [0.15, 0.2) is 23.1 Å². The summed E-state index contributed by atoms with van der Waals surface area (Å²) in [6.07, 6.45) is 13.2. The standard InChI is InChI=1S/C33H46O5.C2H6/c1-22(2)12-9-13-23(3)14-10-15-24(4)16-11-18-33(6,36)19-17-26-25(5)31(34)27-20-29(37-7)30(38-8)21-28(27)32(26)35;1-2/h12,14,16,20-21,36H,9-11,13,15,17-19H2,1-8H3;1-2H3/b23-14+,24-16+;. The van der Waals surface area contributed by atoms with Crippen LogP contribution in [0.1, 0.15) is 127 Å². The Morgan fingerprint density at radius 1 is 0.800 bits per heavy atom. The van der Waals surface area contributed by atoms with Crippen molar-refractivity contribution in [3.8, 4) is 11.5 Å². The van der Waals surface area contributed by atoms with E-state index >= 15 is 0 Å². The van der Waals surface area contributed by atoms with Crippen molar-refractivity contribution in [3.05, 3.63) is 69.4 Å². The molecule has 0 aliphatic heterocycles. The number of Topliss-reactive ketones (excluding diaryl/α,β-unsaturated/α-hetero) is 2. The van der Waals surface area contributed by atoms with Crippen LogP contribution in [0.2, 0.25) is 0 Å². The van der Waals surface area contributed by atoms with Crippen molar-refractivity contribution in [3.63, 3.8) is 0 Å². The first-order chi connectivity index (χ1) is 18.9. The minimum absolute atomic E-state index is 0.185. The number of hydrogen-bond donors (Lipinski definition) is 1. The van der Waals surface area contributed by atoms with Gasteiger partial charge in [0.05, 0.1) is 19.8 Å². The third kappa shape index (κ3) is 10.6. The van der Waals surface area contributed by atoms with Crippen LogP contribution < -0.4 is 9.47 Å². The highest BCUT2D eigenvalue weighted by atomic mass is 16.5. The second kappa shape index (κ2) is 17.0. The molecule has 0 heterocycles. The molecule has 0 spiro atoms. The number of hydrogen-bond acceptors (Lipinski definition) is 5. The third-order valence-electron chi connectivity index (χ3n) is 7.29. The maximum absolute atomic E-state index is 13.3. The van der Waals surface area contributed by atoms with Crippen molar-refractivity contribution in [2.75, 3.05) is 14.2 Å². The highest BCUT2D eigenvalue weighted by molar-refractivity contribution is 6.27. The fourth-order valence-corrected chi connectivity index (χ4v) is 4.72. The molecule has 1 aromatic rings. The molecule has 1 aliphatic carbocycles. The first-order valence-corrected chi connectivity index (χ1v) is 14.6. The monoisotopic (exact) mass is 552 g/mol. The molecule has 0 fully saturated rings. The lowest BCUT2D eigenvalue weighted by Gasteiger charge is -2.26. The Morgan fingerprint density at radius 2 is 1.27 bits per heavy atom. The number of aliphatic hydroxyl groups is 1. The first kappa shape index (κ1) is 35.1. The molecule has 1 atom stereocenters. The second-order valence-corrected chi connectivity index (χ2v) is 11.0. The van der Waals surface area contributed by atoms with Gasteiger partial charge in [0.1, 0.15) is 0 Å². The Balaban J connectivity index is 0.00000391. The molecule has 0 amide bonds. The van der Waals surface area contributed by atoms with Crippen LogP contribution in [-0.2, 0) is 0 Å². The van der Waals surface area contributed by atoms with E-state index in [1.807, 2.05) is 20.8 Å². The topological polar surface area (TPSA) is 72.8 Å². The quantitative estimate of drug-likeness (QED) is 0.233. The zero-order valence-corrected chi connectivity index (χ0v) is 26.6. The Hall–Kier alpha value is -2.92. The fraction of sp³-hybridized carbons (Fsp3) is 0.543. The molecule has 0 radical (unpaired) electrons. The molecule has 1 aromatic carbocycles. The van der Waals surface area contributed by atoms with Crippen molar-refractivity contribution >= 4 is 11.6 Å². The minimum Gasteiger partial charge on any atom is -0.493 e. The summed E-state index contributed by atoms with van der Waals surface area (Å²) in [5.74, 6) is 0.458. The van der Waals surface area contributed by atoms with E-state index in [1.165, 1.54) is 30.9 Å². The lowest BCUT2D eigenvalue weighted by atomic mass is 9.80. The minimum atomic E-state index is -0.938. The van der Waals surface area contributed by atoms with E-state index in [-0.39, 0.29) is 11.6 Å². The molecule has 5 heteroatoms. The Kier molecular flexibility index (Phi) is 14.9. The highest BCUT2D eigenvalue weighted by Gasteiger charge is 2.32. The molecule has 222 valence electrons. The molecule has 0 saturated carbocycles.